The number of ether oxygens (including phenoxy) is 3. The van der Waals surface area contributed by atoms with Crippen LogP contribution in [0.25, 0.3) is 11.1 Å². The number of methoxy groups -OCH3 is 1. The molecule has 0 aromatic heterocycles. The van der Waals surface area contributed by atoms with Gasteiger partial charge in [-0.3, -0.25) is 0 Å². The Kier molecular flexibility index (Phi) is 5.92. The maximum absolute atomic E-state index is 12.5. The molecular weight excluding hydrogens is 323 g/mol. The lowest BCUT2D eigenvalue weighted by atomic mass is 10.0. The van der Waals surface area contributed by atoms with Crippen molar-refractivity contribution in [3.63, 3.8) is 0 Å². The fraction of sp³-hybridized carbons (Fsp3) is 0.294. The Hall–Kier alpha value is -2.41. The second kappa shape index (κ2) is 7.92. The number of anilines is 1. The molecule has 24 heavy (non-hydrogen) atoms. The molecular formula is C17H18F3NO3. The number of benzene rings is 2. The van der Waals surface area contributed by atoms with Crippen molar-refractivity contribution in [2.45, 2.75) is 12.8 Å². The van der Waals surface area contributed by atoms with Gasteiger partial charge in [0.15, 0.2) is 11.5 Å². The third-order valence-corrected chi connectivity index (χ3v) is 3.19. The Morgan fingerprint density at radius 1 is 1.00 bits per heavy atom. The van der Waals surface area contributed by atoms with Crippen LogP contribution in [0.5, 0.6) is 11.5 Å². The second-order valence-corrected chi connectivity index (χ2v) is 4.99. The molecule has 0 atom stereocenters. The topological polar surface area (TPSA) is 53.7 Å². The van der Waals surface area contributed by atoms with E-state index >= 15 is 0 Å². The normalized spacial score (nSPS) is 11.3. The smallest absolute Gasteiger partial charge is 0.490 e. The highest BCUT2D eigenvalue weighted by Gasteiger charge is 2.32. The number of nitrogen functional groups attached to an aromatic ring is 1. The Balaban J connectivity index is 2.30. The molecule has 0 unspecified atom stereocenters. The van der Waals surface area contributed by atoms with Gasteiger partial charge < -0.3 is 19.9 Å². The van der Waals surface area contributed by atoms with E-state index in [0.29, 0.717) is 29.8 Å². The monoisotopic (exact) mass is 341 g/mol. The molecule has 2 rings (SSSR count). The van der Waals surface area contributed by atoms with E-state index in [2.05, 4.69) is 4.74 Å². The third kappa shape index (κ3) is 5.06. The van der Waals surface area contributed by atoms with Gasteiger partial charge in [0, 0.05) is 31.4 Å². The van der Waals surface area contributed by atoms with Crippen LogP contribution >= 0.6 is 0 Å². The van der Waals surface area contributed by atoms with Crippen LogP contribution in [0, 0.1) is 0 Å². The number of halogens is 3. The van der Waals surface area contributed by atoms with Crippen LogP contribution in [-0.4, -0.2) is 26.7 Å². The fourth-order valence-electron chi connectivity index (χ4n) is 2.14. The summed E-state index contributed by atoms with van der Waals surface area (Å²) < 4.78 is 52.0. The van der Waals surface area contributed by atoms with Crippen molar-refractivity contribution in [2.24, 2.45) is 0 Å². The Morgan fingerprint density at radius 2 is 1.75 bits per heavy atom. The van der Waals surface area contributed by atoms with E-state index in [-0.39, 0.29) is 12.4 Å². The van der Waals surface area contributed by atoms with Crippen LogP contribution < -0.4 is 15.2 Å². The maximum Gasteiger partial charge on any atom is 0.573 e. The Labute approximate surface area is 137 Å². The number of rotatable bonds is 7. The Morgan fingerprint density at radius 3 is 2.42 bits per heavy atom. The summed E-state index contributed by atoms with van der Waals surface area (Å²) in [6, 6.07) is 11.3. The number of hydrogen-bond donors (Lipinski definition) is 1. The average Bonchev–Trinajstić information content (AvgIpc) is 2.52. The summed E-state index contributed by atoms with van der Waals surface area (Å²) in [4.78, 5) is 0. The molecule has 4 nitrogen and oxygen atoms in total. The van der Waals surface area contributed by atoms with Crippen molar-refractivity contribution in [3.05, 3.63) is 42.5 Å². The van der Waals surface area contributed by atoms with Crippen LogP contribution in [0.3, 0.4) is 0 Å². The van der Waals surface area contributed by atoms with E-state index in [4.69, 9.17) is 15.2 Å². The lowest BCUT2D eigenvalue weighted by molar-refractivity contribution is -0.275. The third-order valence-electron chi connectivity index (χ3n) is 3.19. The molecule has 2 aromatic rings. The molecule has 0 amide bonds. The van der Waals surface area contributed by atoms with Crippen LogP contribution in [0.1, 0.15) is 6.42 Å². The predicted molar refractivity (Wildman–Crippen MR) is 85.0 cm³/mol. The highest BCUT2D eigenvalue weighted by molar-refractivity contribution is 5.77. The number of para-hydroxylation sites is 1. The van der Waals surface area contributed by atoms with Gasteiger partial charge in [-0.2, -0.15) is 0 Å². The van der Waals surface area contributed by atoms with Gasteiger partial charge in [-0.05, 0) is 23.8 Å². The molecule has 0 saturated heterocycles. The highest BCUT2D eigenvalue weighted by atomic mass is 19.4. The van der Waals surface area contributed by atoms with Crippen molar-refractivity contribution in [1.82, 2.24) is 0 Å². The van der Waals surface area contributed by atoms with Crippen molar-refractivity contribution in [2.75, 3.05) is 26.1 Å². The largest absolute Gasteiger partial charge is 0.573 e. The SMILES string of the molecule is COCCCOc1cc(-c2ccccc2N)ccc1OC(F)(F)F. The Bertz CT molecular complexity index is 674. The van der Waals surface area contributed by atoms with Gasteiger partial charge in [-0.25, -0.2) is 0 Å². The summed E-state index contributed by atoms with van der Waals surface area (Å²) >= 11 is 0. The molecule has 0 fully saturated rings. The van der Waals surface area contributed by atoms with Gasteiger partial charge in [0.05, 0.1) is 6.61 Å². The molecule has 2 aromatic carbocycles. The number of alkyl halides is 3. The maximum atomic E-state index is 12.5. The molecule has 0 spiro atoms. The number of nitrogens with two attached hydrogens (primary N) is 1. The van der Waals surface area contributed by atoms with Gasteiger partial charge in [-0.15, -0.1) is 13.2 Å². The molecule has 0 aliphatic heterocycles. The zero-order valence-corrected chi connectivity index (χ0v) is 13.1. The summed E-state index contributed by atoms with van der Waals surface area (Å²) in [7, 11) is 1.54. The van der Waals surface area contributed by atoms with Crippen LogP contribution in [0.15, 0.2) is 42.5 Å². The minimum Gasteiger partial charge on any atom is -0.490 e. The van der Waals surface area contributed by atoms with E-state index in [9.17, 15) is 13.2 Å². The van der Waals surface area contributed by atoms with Crippen molar-refractivity contribution in [3.8, 4) is 22.6 Å². The molecule has 0 aliphatic carbocycles. The molecule has 0 bridgehead atoms. The van der Waals surface area contributed by atoms with E-state index in [1.165, 1.54) is 25.3 Å². The first-order valence-corrected chi connectivity index (χ1v) is 7.27. The van der Waals surface area contributed by atoms with Gasteiger partial charge in [0.2, 0.25) is 0 Å². The van der Waals surface area contributed by atoms with Crippen LogP contribution in [0.4, 0.5) is 18.9 Å². The quantitative estimate of drug-likeness (QED) is 0.604. The molecule has 0 radical (unpaired) electrons. The van der Waals surface area contributed by atoms with E-state index in [1.54, 1.807) is 24.3 Å². The zero-order chi connectivity index (χ0) is 17.6. The lowest BCUT2D eigenvalue weighted by Gasteiger charge is -2.16. The standard InChI is InChI=1S/C17H18F3NO3/c1-22-9-4-10-23-16-11-12(13-5-2-3-6-14(13)21)7-8-15(16)24-17(18,19)20/h2-3,5-8,11H,4,9-10,21H2,1H3. The first kappa shape index (κ1) is 17.9. The van der Waals surface area contributed by atoms with E-state index < -0.39 is 12.1 Å². The van der Waals surface area contributed by atoms with Gasteiger partial charge in [-0.1, -0.05) is 24.3 Å². The minimum absolute atomic E-state index is 0.00387. The first-order chi connectivity index (χ1) is 11.4. The summed E-state index contributed by atoms with van der Waals surface area (Å²) in [5.74, 6) is -0.387. The van der Waals surface area contributed by atoms with Crippen LogP contribution in [-0.2, 0) is 4.74 Å². The van der Waals surface area contributed by atoms with Gasteiger partial charge >= 0.3 is 6.36 Å². The molecule has 0 aliphatic rings. The fourth-order valence-corrected chi connectivity index (χ4v) is 2.14. The summed E-state index contributed by atoms with van der Waals surface area (Å²) in [6.07, 6.45) is -4.25. The summed E-state index contributed by atoms with van der Waals surface area (Å²) in [5.41, 5.74) is 7.78. The van der Waals surface area contributed by atoms with E-state index in [0.717, 1.165) is 0 Å². The molecule has 130 valence electrons. The average molecular weight is 341 g/mol. The van der Waals surface area contributed by atoms with Crippen molar-refractivity contribution in [1.29, 1.82) is 0 Å². The summed E-state index contributed by atoms with van der Waals surface area (Å²) in [5, 5.41) is 0. The molecule has 0 heterocycles. The molecule has 2 N–H and O–H groups in total. The van der Waals surface area contributed by atoms with Crippen molar-refractivity contribution < 1.29 is 27.4 Å². The predicted octanol–water partition coefficient (Wildman–Crippen LogP) is 4.25. The van der Waals surface area contributed by atoms with Crippen LogP contribution in [0.2, 0.25) is 0 Å². The lowest BCUT2D eigenvalue weighted by Crippen LogP contribution is -2.18. The first-order valence-electron chi connectivity index (χ1n) is 7.27. The van der Waals surface area contributed by atoms with E-state index in [1.807, 2.05) is 0 Å². The highest BCUT2D eigenvalue weighted by Crippen LogP contribution is 2.37. The van der Waals surface area contributed by atoms with Crippen molar-refractivity contribution >= 4 is 5.69 Å². The van der Waals surface area contributed by atoms with Gasteiger partial charge in [0.25, 0.3) is 0 Å². The minimum atomic E-state index is -4.79. The second-order valence-electron chi connectivity index (χ2n) is 4.99. The molecule has 0 saturated carbocycles. The van der Waals surface area contributed by atoms with Gasteiger partial charge in [0.1, 0.15) is 0 Å². The molecule has 7 heteroatoms. The summed E-state index contributed by atoms with van der Waals surface area (Å²) in [6.45, 7) is 0.649. The number of hydrogen-bond acceptors (Lipinski definition) is 4. The zero-order valence-electron chi connectivity index (χ0n) is 13.1.